The van der Waals surface area contributed by atoms with E-state index in [2.05, 4.69) is 15.4 Å². The fraction of sp³-hybridized carbons (Fsp3) is 0.643. The minimum Gasteiger partial charge on any atom is -0.467 e. The highest BCUT2D eigenvalue weighted by molar-refractivity contribution is 5.95. The molecule has 0 radical (unpaired) electrons. The molecular weight excluding hydrogens is 276 g/mol. The third kappa shape index (κ3) is 3.60. The third-order valence-corrected chi connectivity index (χ3v) is 3.48. The minimum atomic E-state index is -1.48. The highest BCUT2D eigenvalue weighted by Crippen LogP contribution is 2.25. The van der Waals surface area contributed by atoms with Crippen LogP contribution in [0.25, 0.3) is 0 Å². The van der Waals surface area contributed by atoms with Crippen LogP contribution in [-0.2, 0) is 19.1 Å². The monoisotopic (exact) mass is 298 g/mol. The second-order valence-corrected chi connectivity index (χ2v) is 5.45. The SMILES string of the molecule is COC(=O)[C@H](NC(=O)[C@]1(NC(C)=O)CC=C[C@H]1O)C(C)C. The Kier molecular flexibility index (Phi) is 5.48. The smallest absolute Gasteiger partial charge is 0.328 e. The van der Waals surface area contributed by atoms with Gasteiger partial charge in [0.05, 0.1) is 7.11 Å². The van der Waals surface area contributed by atoms with Crippen molar-refractivity contribution in [3.8, 4) is 0 Å². The average Bonchev–Trinajstić information content (AvgIpc) is 2.76. The van der Waals surface area contributed by atoms with Crippen LogP contribution >= 0.6 is 0 Å². The number of hydrogen-bond donors (Lipinski definition) is 3. The first-order chi connectivity index (χ1) is 9.74. The van der Waals surface area contributed by atoms with Gasteiger partial charge in [0.15, 0.2) is 5.54 Å². The molecule has 2 amide bonds. The Bertz CT molecular complexity index is 460. The van der Waals surface area contributed by atoms with Crippen molar-refractivity contribution >= 4 is 17.8 Å². The molecule has 0 unspecified atom stereocenters. The molecule has 0 saturated carbocycles. The van der Waals surface area contributed by atoms with Crippen LogP contribution in [-0.4, -0.2) is 47.7 Å². The number of esters is 1. The Hall–Kier alpha value is -1.89. The Morgan fingerprint density at radius 2 is 2.00 bits per heavy atom. The Morgan fingerprint density at radius 1 is 1.38 bits per heavy atom. The molecule has 0 saturated heterocycles. The van der Waals surface area contributed by atoms with Crippen LogP contribution < -0.4 is 10.6 Å². The Labute approximate surface area is 123 Å². The van der Waals surface area contributed by atoms with Crippen LogP contribution in [0.2, 0.25) is 0 Å². The number of nitrogens with one attached hydrogen (secondary N) is 2. The lowest BCUT2D eigenvalue weighted by Gasteiger charge is -2.33. The molecule has 0 aromatic carbocycles. The van der Waals surface area contributed by atoms with E-state index < -0.39 is 35.5 Å². The second-order valence-electron chi connectivity index (χ2n) is 5.45. The molecule has 1 rings (SSSR count). The lowest BCUT2D eigenvalue weighted by atomic mass is 9.91. The molecule has 21 heavy (non-hydrogen) atoms. The van der Waals surface area contributed by atoms with Crippen molar-refractivity contribution in [3.63, 3.8) is 0 Å². The first kappa shape index (κ1) is 17.2. The standard InChI is InChI=1S/C14H22N2O5/c1-8(2)11(12(19)21-4)15-13(20)14(16-9(3)17)7-5-6-10(14)18/h5-6,8,10-11,18H,7H2,1-4H3,(H,15,20)(H,16,17)/t10-,11-,14+/m1/s1. The maximum atomic E-state index is 12.5. The molecule has 1 aliphatic carbocycles. The van der Waals surface area contributed by atoms with Crippen LogP contribution in [0, 0.1) is 5.92 Å². The first-order valence-electron chi connectivity index (χ1n) is 6.77. The lowest BCUT2D eigenvalue weighted by molar-refractivity contribution is -0.148. The topological polar surface area (TPSA) is 105 Å². The number of aliphatic hydroxyl groups is 1. The van der Waals surface area contributed by atoms with Gasteiger partial charge in [-0.25, -0.2) is 4.79 Å². The summed E-state index contributed by atoms with van der Waals surface area (Å²) in [5, 5.41) is 15.1. The van der Waals surface area contributed by atoms with E-state index >= 15 is 0 Å². The zero-order valence-corrected chi connectivity index (χ0v) is 12.7. The number of aliphatic hydroxyl groups excluding tert-OH is 1. The Balaban J connectivity index is 2.96. The molecule has 0 spiro atoms. The number of carbonyl (C=O) groups excluding carboxylic acids is 3. The van der Waals surface area contributed by atoms with Gasteiger partial charge in [-0.2, -0.15) is 0 Å². The van der Waals surface area contributed by atoms with E-state index in [0.717, 1.165) is 0 Å². The molecule has 0 heterocycles. The van der Waals surface area contributed by atoms with Crippen molar-refractivity contribution in [3.05, 3.63) is 12.2 Å². The molecule has 0 aliphatic heterocycles. The lowest BCUT2D eigenvalue weighted by Crippen LogP contribution is -2.65. The predicted molar refractivity (Wildman–Crippen MR) is 75.1 cm³/mol. The van der Waals surface area contributed by atoms with Crippen LogP contribution in [0.1, 0.15) is 27.2 Å². The maximum absolute atomic E-state index is 12.5. The summed E-state index contributed by atoms with van der Waals surface area (Å²) in [6.07, 6.45) is 2.07. The number of methoxy groups -OCH3 is 1. The van der Waals surface area contributed by atoms with Crippen LogP contribution in [0.4, 0.5) is 0 Å². The molecule has 7 nitrogen and oxygen atoms in total. The van der Waals surface area contributed by atoms with Gasteiger partial charge in [0.25, 0.3) is 0 Å². The molecule has 118 valence electrons. The van der Waals surface area contributed by atoms with Crippen molar-refractivity contribution in [2.45, 2.75) is 44.9 Å². The summed E-state index contributed by atoms with van der Waals surface area (Å²) in [7, 11) is 1.24. The van der Waals surface area contributed by atoms with Gasteiger partial charge in [0, 0.05) is 13.3 Å². The molecule has 7 heteroatoms. The molecule has 3 atom stereocenters. The van der Waals surface area contributed by atoms with Gasteiger partial charge < -0.3 is 20.5 Å². The van der Waals surface area contributed by atoms with E-state index in [-0.39, 0.29) is 12.3 Å². The highest BCUT2D eigenvalue weighted by Gasteiger charge is 2.48. The third-order valence-electron chi connectivity index (χ3n) is 3.48. The average molecular weight is 298 g/mol. The normalized spacial score (nSPS) is 25.5. The van der Waals surface area contributed by atoms with Gasteiger partial charge in [-0.05, 0) is 5.92 Å². The number of amides is 2. The van der Waals surface area contributed by atoms with E-state index in [9.17, 15) is 19.5 Å². The zero-order valence-electron chi connectivity index (χ0n) is 12.7. The van der Waals surface area contributed by atoms with Gasteiger partial charge in [-0.3, -0.25) is 9.59 Å². The van der Waals surface area contributed by atoms with Crippen molar-refractivity contribution in [2.75, 3.05) is 7.11 Å². The highest BCUT2D eigenvalue weighted by atomic mass is 16.5. The summed E-state index contributed by atoms with van der Waals surface area (Å²) < 4.78 is 4.66. The van der Waals surface area contributed by atoms with E-state index in [0.29, 0.717) is 0 Å². The predicted octanol–water partition coefficient (Wildman–Crippen LogP) is -0.504. The maximum Gasteiger partial charge on any atom is 0.328 e. The fourth-order valence-electron chi connectivity index (χ4n) is 2.29. The van der Waals surface area contributed by atoms with E-state index in [4.69, 9.17) is 0 Å². The minimum absolute atomic E-state index is 0.158. The number of rotatable bonds is 5. The summed E-state index contributed by atoms with van der Waals surface area (Å²) >= 11 is 0. The second kappa shape index (κ2) is 6.71. The van der Waals surface area contributed by atoms with Gasteiger partial charge in [0.2, 0.25) is 11.8 Å². The zero-order chi connectivity index (χ0) is 16.2. The van der Waals surface area contributed by atoms with Gasteiger partial charge in [-0.1, -0.05) is 26.0 Å². The van der Waals surface area contributed by atoms with Gasteiger partial charge in [0.1, 0.15) is 12.1 Å². The molecule has 0 aromatic rings. The van der Waals surface area contributed by atoms with E-state index in [1.807, 2.05) is 0 Å². The molecular formula is C14H22N2O5. The molecule has 1 aliphatic rings. The number of ether oxygens (including phenoxy) is 1. The number of hydrogen-bond acceptors (Lipinski definition) is 5. The number of carbonyl (C=O) groups is 3. The summed E-state index contributed by atoms with van der Waals surface area (Å²) in [4.78, 5) is 35.6. The Morgan fingerprint density at radius 3 is 2.38 bits per heavy atom. The van der Waals surface area contributed by atoms with Gasteiger partial charge in [-0.15, -0.1) is 0 Å². The quantitative estimate of drug-likeness (QED) is 0.468. The molecule has 0 aromatic heterocycles. The molecule has 3 N–H and O–H groups in total. The van der Waals surface area contributed by atoms with E-state index in [1.54, 1.807) is 19.9 Å². The van der Waals surface area contributed by atoms with Crippen molar-refractivity contribution < 1.29 is 24.2 Å². The van der Waals surface area contributed by atoms with Crippen LogP contribution in [0.15, 0.2) is 12.2 Å². The summed E-state index contributed by atoms with van der Waals surface area (Å²) in [6.45, 7) is 4.78. The van der Waals surface area contributed by atoms with Crippen LogP contribution in [0.3, 0.4) is 0 Å². The largest absolute Gasteiger partial charge is 0.467 e. The van der Waals surface area contributed by atoms with Crippen molar-refractivity contribution in [1.29, 1.82) is 0 Å². The summed E-state index contributed by atoms with van der Waals surface area (Å²) in [6, 6.07) is -0.846. The molecule has 0 bridgehead atoms. The van der Waals surface area contributed by atoms with Crippen molar-refractivity contribution in [1.82, 2.24) is 10.6 Å². The van der Waals surface area contributed by atoms with E-state index in [1.165, 1.54) is 20.1 Å². The van der Waals surface area contributed by atoms with Crippen molar-refractivity contribution in [2.24, 2.45) is 5.92 Å². The van der Waals surface area contributed by atoms with Gasteiger partial charge >= 0.3 is 5.97 Å². The van der Waals surface area contributed by atoms with Crippen LogP contribution in [0.5, 0.6) is 0 Å². The first-order valence-corrected chi connectivity index (χ1v) is 6.77. The summed E-state index contributed by atoms with van der Waals surface area (Å²) in [5.74, 6) is -1.81. The molecule has 0 fully saturated rings. The summed E-state index contributed by atoms with van der Waals surface area (Å²) in [5.41, 5.74) is -1.48. The fourth-order valence-corrected chi connectivity index (χ4v) is 2.29.